The first-order chi connectivity index (χ1) is 8.97. The summed E-state index contributed by atoms with van der Waals surface area (Å²) in [5.74, 6) is 0.0353. The maximum atomic E-state index is 12.2. The number of anilines is 2. The molecule has 0 aliphatic carbocycles. The minimum absolute atomic E-state index is 0.0353. The van der Waals surface area contributed by atoms with E-state index in [1.807, 2.05) is 38.2 Å². The second kappa shape index (κ2) is 7.02. The number of amides is 1. The number of unbranched alkanes of at least 4 members (excludes halogenated alkanes) is 2. The molecule has 0 radical (unpaired) electrons. The number of nitrogen functional groups attached to an aromatic ring is 1. The predicted octanol–water partition coefficient (Wildman–Crippen LogP) is 2.60. The van der Waals surface area contributed by atoms with Crippen molar-refractivity contribution in [2.75, 3.05) is 38.3 Å². The summed E-state index contributed by atoms with van der Waals surface area (Å²) in [5, 5.41) is 0. The molecule has 106 valence electrons. The molecule has 1 rings (SSSR count). The highest BCUT2D eigenvalue weighted by Gasteiger charge is 2.13. The maximum absolute atomic E-state index is 12.2. The monoisotopic (exact) mass is 263 g/mol. The zero-order valence-corrected chi connectivity index (χ0v) is 12.4. The minimum Gasteiger partial charge on any atom is -0.397 e. The molecule has 0 atom stereocenters. The average Bonchev–Trinajstić information content (AvgIpc) is 2.37. The van der Waals surface area contributed by atoms with Gasteiger partial charge in [0.15, 0.2) is 0 Å². The van der Waals surface area contributed by atoms with Gasteiger partial charge in [0.2, 0.25) is 0 Å². The molecule has 0 aromatic heterocycles. The van der Waals surface area contributed by atoms with Crippen LogP contribution in [0.15, 0.2) is 18.2 Å². The fourth-order valence-corrected chi connectivity index (χ4v) is 2.02. The van der Waals surface area contributed by atoms with Gasteiger partial charge >= 0.3 is 0 Å². The lowest BCUT2D eigenvalue weighted by atomic mass is 10.1. The second-order valence-electron chi connectivity index (χ2n) is 5.10. The molecule has 19 heavy (non-hydrogen) atoms. The zero-order chi connectivity index (χ0) is 14.4. The van der Waals surface area contributed by atoms with Crippen molar-refractivity contribution < 1.29 is 4.79 Å². The predicted molar refractivity (Wildman–Crippen MR) is 81.7 cm³/mol. The van der Waals surface area contributed by atoms with Gasteiger partial charge in [-0.3, -0.25) is 4.79 Å². The number of nitrogens with zero attached hydrogens (tertiary/aromatic N) is 2. The highest BCUT2D eigenvalue weighted by atomic mass is 16.2. The molecule has 0 aliphatic heterocycles. The third-order valence-electron chi connectivity index (χ3n) is 3.20. The van der Waals surface area contributed by atoms with Crippen LogP contribution in [0.2, 0.25) is 0 Å². The van der Waals surface area contributed by atoms with E-state index >= 15 is 0 Å². The minimum atomic E-state index is 0.0353. The Labute approximate surface area is 116 Å². The van der Waals surface area contributed by atoms with Crippen LogP contribution in [0, 0.1) is 0 Å². The van der Waals surface area contributed by atoms with Crippen molar-refractivity contribution in [3.05, 3.63) is 23.8 Å². The zero-order valence-electron chi connectivity index (χ0n) is 12.4. The Hall–Kier alpha value is -1.71. The van der Waals surface area contributed by atoms with E-state index in [0.717, 1.165) is 31.5 Å². The number of hydrogen-bond acceptors (Lipinski definition) is 3. The smallest absolute Gasteiger partial charge is 0.253 e. The molecule has 0 unspecified atom stereocenters. The number of rotatable bonds is 6. The average molecular weight is 263 g/mol. The quantitative estimate of drug-likeness (QED) is 0.634. The Morgan fingerprint density at radius 3 is 2.42 bits per heavy atom. The lowest BCUT2D eigenvalue weighted by Gasteiger charge is -2.19. The highest BCUT2D eigenvalue weighted by molar-refractivity contribution is 5.96. The van der Waals surface area contributed by atoms with E-state index in [2.05, 4.69) is 6.92 Å². The van der Waals surface area contributed by atoms with Gasteiger partial charge in [-0.25, -0.2) is 0 Å². The van der Waals surface area contributed by atoms with Gasteiger partial charge in [-0.15, -0.1) is 0 Å². The molecule has 0 fully saturated rings. The summed E-state index contributed by atoms with van der Waals surface area (Å²) in [7, 11) is 5.71. The van der Waals surface area contributed by atoms with Gasteiger partial charge in [0, 0.05) is 33.3 Å². The summed E-state index contributed by atoms with van der Waals surface area (Å²) in [5.41, 5.74) is 8.20. The van der Waals surface area contributed by atoms with E-state index in [9.17, 15) is 4.79 Å². The summed E-state index contributed by atoms with van der Waals surface area (Å²) < 4.78 is 0. The van der Waals surface area contributed by atoms with E-state index in [4.69, 9.17) is 5.73 Å². The van der Waals surface area contributed by atoms with E-state index in [1.54, 1.807) is 11.0 Å². The molecule has 1 amide bonds. The van der Waals surface area contributed by atoms with Crippen LogP contribution in [0.25, 0.3) is 0 Å². The fourth-order valence-electron chi connectivity index (χ4n) is 2.02. The summed E-state index contributed by atoms with van der Waals surface area (Å²) in [6.45, 7) is 2.95. The van der Waals surface area contributed by atoms with E-state index < -0.39 is 0 Å². The molecule has 4 nitrogen and oxygen atoms in total. The third-order valence-corrected chi connectivity index (χ3v) is 3.20. The lowest BCUT2D eigenvalue weighted by Crippen LogP contribution is -2.27. The summed E-state index contributed by atoms with van der Waals surface area (Å²) >= 11 is 0. The molecule has 0 aliphatic rings. The van der Waals surface area contributed by atoms with E-state index in [-0.39, 0.29) is 5.91 Å². The molecule has 0 saturated heterocycles. The molecule has 1 aromatic rings. The molecule has 0 heterocycles. The Morgan fingerprint density at radius 1 is 1.21 bits per heavy atom. The van der Waals surface area contributed by atoms with Crippen LogP contribution in [0.4, 0.5) is 11.4 Å². The van der Waals surface area contributed by atoms with Crippen LogP contribution in [-0.2, 0) is 0 Å². The van der Waals surface area contributed by atoms with Crippen molar-refractivity contribution in [3.8, 4) is 0 Å². The number of hydrogen-bond donors (Lipinski definition) is 1. The lowest BCUT2D eigenvalue weighted by molar-refractivity contribution is 0.0793. The van der Waals surface area contributed by atoms with Crippen LogP contribution < -0.4 is 10.6 Å². The van der Waals surface area contributed by atoms with Crippen LogP contribution in [0.1, 0.15) is 36.5 Å². The topological polar surface area (TPSA) is 49.6 Å². The molecule has 0 bridgehead atoms. The Kier molecular flexibility index (Phi) is 5.67. The molecule has 0 saturated carbocycles. The normalized spacial score (nSPS) is 10.3. The number of carbonyl (C=O) groups excluding carboxylic acids is 1. The fraction of sp³-hybridized carbons (Fsp3) is 0.533. The molecule has 1 aromatic carbocycles. The highest BCUT2D eigenvalue weighted by Crippen LogP contribution is 2.22. The van der Waals surface area contributed by atoms with Crippen molar-refractivity contribution in [3.63, 3.8) is 0 Å². The Balaban J connectivity index is 2.74. The first-order valence-electron chi connectivity index (χ1n) is 6.79. The van der Waals surface area contributed by atoms with Crippen molar-refractivity contribution in [1.82, 2.24) is 4.90 Å². The van der Waals surface area contributed by atoms with Gasteiger partial charge in [0.05, 0.1) is 11.4 Å². The summed E-state index contributed by atoms with van der Waals surface area (Å²) in [4.78, 5) is 15.9. The molecule has 4 heteroatoms. The largest absolute Gasteiger partial charge is 0.397 e. The third kappa shape index (κ3) is 4.16. The number of benzene rings is 1. The van der Waals surface area contributed by atoms with Crippen molar-refractivity contribution in [2.24, 2.45) is 0 Å². The van der Waals surface area contributed by atoms with Crippen LogP contribution >= 0.6 is 0 Å². The number of nitrogens with two attached hydrogens (primary N) is 1. The van der Waals surface area contributed by atoms with Crippen LogP contribution in [-0.4, -0.2) is 38.5 Å². The summed E-state index contributed by atoms with van der Waals surface area (Å²) in [6, 6.07) is 5.49. The Morgan fingerprint density at radius 2 is 1.89 bits per heavy atom. The van der Waals surface area contributed by atoms with Crippen molar-refractivity contribution in [2.45, 2.75) is 26.2 Å². The summed E-state index contributed by atoms with van der Waals surface area (Å²) in [6.07, 6.45) is 3.36. The van der Waals surface area contributed by atoms with Gasteiger partial charge in [-0.05, 0) is 24.6 Å². The second-order valence-corrected chi connectivity index (χ2v) is 5.10. The van der Waals surface area contributed by atoms with Gasteiger partial charge in [0.1, 0.15) is 0 Å². The Bertz CT molecular complexity index is 429. The van der Waals surface area contributed by atoms with Crippen LogP contribution in [0.5, 0.6) is 0 Å². The van der Waals surface area contributed by atoms with E-state index in [0.29, 0.717) is 11.3 Å². The maximum Gasteiger partial charge on any atom is 0.253 e. The molecule has 2 N–H and O–H groups in total. The van der Waals surface area contributed by atoms with E-state index in [1.165, 1.54) is 0 Å². The SMILES string of the molecule is CCCCCN(C)C(=O)c1ccc(N(C)C)c(N)c1. The van der Waals surface area contributed by atoms with Gasteiger partial charge in [-0.1, -0.05) is 19.8 Å². The van der Waals surface area contributed by atoms with Crippen molar-refractivity contribution in [1.29, 1.82) is 0 Å². The first kappa shape index (κ1) is 15.3. The molecule has 0 spiro atoms. The number of carbonyl (C=O) groups is 1. The van der Waals surface area contributed by atoms with Crippen LogP contribution in [0.3, 0.4) is 0 Å². The standard InChI is InChI=1S/C15H25N3O/c1-5-6-7-10-18(4)15(19)12-8-9-14(17(2)3)13(16)11-12/h8-9,11H,5-7,10,16H2,1-4H3. The van der Waals surface area contributed by atoms with Gasteiger partial charge < -0.3 is 15.5 Å². The first-order valence-corrected chi connectivity index (χ1v) is 6.79. The molecular weight excluding hydrogens is 238 g/mol. The van der Waals surface area contributed by atoms with Crippen molar-refractivity contribution >= 4 is 17.3 Å². The molecular formula is C15H25N3O. The van der Waals surface area contributed by atoms with Gasteiger partial charge in [-0.2, -0.15) is 0 Å². The van der Waals surface area contributed by atoms with Gasteiger partial charge in [0.25, 0.3) is 5.91 Å².